The Kier molecular flexibility index (Phi) is 5.82. The standard InChI is InChI=1S/C12H23N/c1-6-8-9-12(4,5)10-11(3)13-7-2/h1,11,13H,7-10H2,2-5H3. The quantitative estimate of drug-likeness (QED) is 0.621. The Morgan fingerprint density at radius 3 is 2.54 bits per heavy atom. The van der Waals surface area contributed by atoms with Crippen molar-refractivity contribution in [1.82, 2.24) is 5.32 Å². The monoisotopic (exact) mass is 181 g/mol. The summed E-state index contributed by atoms with van der Waals surface area (Å²) in [7, 11) is 0. The van der Waals surface area contributed by atoms with Gasteiger partial charge in [0.1, 0.15) is 0 Å². The number of terminal acetylenes is 1. The summed E-state index contributed by atoms with van der Waals surface area (Å²) in [5, 5.41) is 3.43. The van der Waals surface area contributed by atoms with E-state index in [1.165, 1.54) is 6.42 Å². The van der Waals surface area contributed by atoms with E-state index in [4.69, 9.17) is 6.42 Å². The average Bonchev–Trinajstić information content (AvgIpc) is 2.00. The van der Waals surface area contributed by atoms with Gasteiger partial charge in [0, 0.05) is 12.5 Å². The minimum atomic E-state index is 0.369. The molecule has 76 valence electrons. The van der Waals surface area contributed by atoms with Gasteiger partial charge in [-0.05, 0) is 31.7 Å². The van der Waals surface area contributed by atoms with Crippen LogP contribution >= 0.6 is 0 Å². The molecule has 0 aliphatic heterocycles. The molecule has 0 aliphatic carbocycles. The summed E-state index contributed by atoms with van der Waals surface area (Å²) in [6.45, 7) is 10.0. The van der Waals surface area contributed by atoms with Crippen LogP contribution in [0, 0.1) is 17.8 Å². The van der Waals surface area contributed by atoms with Gasteiger partial charge in [0.25, 0.3) is 0 Å². The maximum Gasteiger partial charge on any atom is 0.00911 e. The van der Waals surface area contributed by atoms with Crippen molar-refractivity contribution in [2.24, 2.45) is 5.41 Å². The second-order valence-electron chi connectivity index (χ2n) is 4.53. The lowest BCUT2D eigenvalue weighted by atomic mass is 9.82. The van der Waals surface area contributed by atoms with E-state index in [2.05, 4.69) is 38.9 Å². The zero-order chi connectivity index (χ0) is 10.3. The number of hydrogen-bond donors (Lipinski definition) is 1. The summed E-state index contributed by atoms with van der Waals surface area (Å²) in [5.74, 6) is 2.71. The molecule has 1 atom stereocenters. The van der Waals surface area contributed by atoms with Crippen molar-refractivity contribution < 1.29 is 0 Å². The van der Waals surface area contributed by atoms with Gasteiger partial charge in [-0.3, -0.25) is 0 Å². The zero-order valence-electron chi connectivity index (χ0n) is 9.48. The fourth-order valence-corrected chi connectivity index (χ4v) is 1.76. The van der Waals surface area contributed by atoms with E-state index in [9.17, 15) is 0 Å². The maximum atomic E-state index is 5.26. The summed E-state index contributed by atoms with van der Waals surface area (Å²) in [6.07, 6.45) is 8.48. The fourth-order valence-electron chi connectivity index (χ4n) is 1.76. The molecule has 0 amide bonds. The molecule has 0 rings (SSSR count). The van der Waals surface area contributed by atoms with Crippen LogP contribution < -0.4 is 5.32 Å². The lowest BCUT2D eigenvalue weighted by molar-refractivity contribution is 0.273. The highest BCUT2D eigenvalue weighted by molar-refractivity contribution is 4.87. The van der Waals surface area contributed by atoms with Gasteiger partial charge >= 0.3 is 0 Å². The van der Waals surface area contributed by atoms with Crippen LogP contribution in [0.3, 0.4) is 0 Å². The normalized spacial score (nSPS) is 13.8. The van der Waals surface area contributed by atoms with E-state index in [1.54, 1.807) is 0 Å². The first-order valence-corrected chi connectivity index (χ1v) is 5.18. The molecule has 0 bridgehead atoms. The molecule has 0 radical (unpaired) electrons. The van der Waals surface area contributed by atoms with Crippen molar-refractivity contribution in [3.63, 3.8) is 0 Å². The molecular weight excluding hydrogens is 158 g/mol. The highest BCUT2D eigenvalue weighted by atomic mass is 14.9. The van der Waals surface area contributed by atoms with Crippen molar-refractivity contribution in [3.05, 3.63) is 0 Å². The van der Waals surface area contributed by atoms with Crippen molar-refractivity contribution in [2.45, 2.75) is 53.0 Å². The molecule has 0 saturated heterocycles. The number of nitrogens with one attached hydrogen (secondary N) is 1. The first-order valence-electron chi connectivity index (χ1n) is 5.18. The minimum absolute atomic E-state index is 0.369. The number of hydrogen-bond acceptors (Lipinski definition) is 1. The summed E-state index contributed by atoms with van der Waals surface area (Å²) >= 11 is 0. The summed E-state index contributed by atoms with van der Waals surface area (Å²) in [6, 6.07) is 0.595. The second kappa shape index (κ2) is 6.05. The average molecular weight is 181 g/mol. The topological polar surface area (TPSA) is 12.0 Å². The van der Waals surface area contributed by atoms with Crippen LogP contribution in [-0.4, -0.2) is 12.6 Å². The summed E-state index contributed by atoms with van der Waals surface area (Å²) in [4.78, 5) is 0. The first-order chi connectivity index (χ1) is 6.02. The largest absolute Gasteiger partial charge is 0.315 e. The highest BCUT2D eigenvalue weighted by Gasteiger charge is 2.19. The molecular formula is C12H23N. The van der Waals surface area contributed by atoms with Gasteiger partial charge < -0.3 is 5.32 Å². The third-order valence-electron chi connectivity index (χ3n) is 2.36. The van der Waals surface area contributed by atoms with Gasteiger partial charge in [0.15, 0.2) is 0 Å². The predicted molar refractivity (Wildman–Crippen MR) is 59.6 cm³/mol. The smallest absolute Gasteiger partial charge is 0.00911 e. The molecule has 0 aromatic carbocycles. The van der Waals surface area contributed by atoms with Crippen molar-refractivity contribution in [1.29, 1.82) is 0 Å². The van der Waals surface area contributed by atoms with Gasteiger partial charge in [0.2, 0.25) is 0 Å². The van der Waals surface area contributed by atoms with Gasteiger partial charge in [-0.2, -0.15) is 0 Å². The zero-order valence-corrected chi connectivity index (χ0v) is 9.48. The van der Waals surface area contributed by atoms with Gasteiger partial charge in [0.05, 0.1) is 0 Å². The van der Waals surface area contributed by atoms with Gasteiger partial charge in [-0.1, -0.05) is 20.8 Å². The molecule has 0 spiro atoms. The molecule has 1 unspecified atom stereocenters. The molecule has 13 heavy (non-hydrogen) atoms. The van der Waals surface area contributed by atoms with Crippen LogP contribution in [0.5, 0.6) is 0 Å². The molecule has 0 saturated carbocycles. The molecule has 0 aromatic rings. The minimum Gasteiger partial charge on any atom is -0.315 e. The van der Waals surface area contributed by atoms with Crippen LogP contribution in [0.25, 0.3) is 0 Å². The van der Waals surface area contributed by atoms with Crippen molar-refractivity contribution in [2.75, 3.05) is 6.54 Å². The van der Waals surface area contributed by atoms with Crippen LogP contribution in [-0.2, 0) is 0 Å². The van der Waals surface area contributed by atoms with E-state index < -0.39 is 0 Å². The van der Waals surface area contributed by atoms with Crippen molar-refractivity contribution >= 4 is 0 Å². The Morgan fingerprint density at radius 1 is 1.46 bits per heavy atom. The Morgan fingerprint density at radius 2 is 2.08 bits per heavy atom. The Bertz CT molecular complexity index is 164. The molecule has 1 N–H and O–H groups in total. The van der Waals surface area contributed by atoms with E-state index in [1.807, 2.05) is 0 Å². The van der Waals surface area contributed by atoms with Crippen LogP contribution in [0.2, 0.25) is 0 Å². The fraction of sp³-hybridized carbons (Fsp3) is 0.833. The Labute approximate surface area is 83.3 Å². The van der Waals surface area contributed by atoms with Crippen molar-refractivity contribution in [3.8, 4) is 12.3 Å². The molecule has 0 fully saturated rings. The van der Waals surface area contributed by atoms with E-state index in [-0.39, 0.29) is 0 Å². The van der Waals surface area contributed by atoms with Crippen LogP contribution in [0.1, 0.15) is 47.0 Å². The third-order valence-corrected chi connectivity index (χ3v) is 2.36. The molecule has 0 heterocycles. The van der Waals surface area contributed by atoms with E-state index in [0.717, 1.165) is 19.4 Å². The third kappa shape index (κ3) is 6.66. The lowest BCUT2D eigenvalue weighted by Crippen LogP contribution is -2.31. The van der Waals surface area contributed by atoms with Gasteiger partial charge in [-0.15, -0.1) is 12.3 Å². The molecule has 0 aliphatic rings. The van der Waals surface area contributed by atoms with Crippen LogP contribution in [0.4, 0.5) is 0 Å². The lowest BCUT2D eigenvalue weighted by Gasteiger charge is -2.27. The molecule has 1 heteroatoms. The summed E-state index contributed by atoms with van der Waals surface area (Å²) in [5.41, 5.74) is 0.369. The summed E-state index contributed by atoms with van der Waals surface area (Å²) < 4.78 is 0. The Balaban J connectivity index is 3.80. The number of rotatable bonds is 6. The molecule has 0 aromatic heterocycles. The first kappa shape index (κ1) is 12.5. The van der Waals surface area contributed by atoms with E-state index >= 15 is 0 Å². The maximum absolute atomic E-state index is 5.26. The predicted octanol–water partition coefficient (Wildman–Crippen LogP) is 2.81. The van der Waals surface area contributed by atoms with Crippen LogP contribution in [0.15, 0.2) is 0 Å². The Hall–Kier alpha value is -0.480. The van der Waals surface area contributed by atoms with Gasteiger partial charge in [-0.25, -0.2) is 0 Å². The second-order valence-corrected chi connectivity index (χ2v) is 4.53. The molecule has 1 nitrogen and oxygen atoms in total. The van der Waals surface area contributed by atoms with E-state index in [0.29, 0.717) is 11.5 Å². The highest BCUT2D eigenvalue weighted by Crippen LogP contribution is 2.27. The SMILES string of the molecule is C#CCCC(C)(C)CC(C)NCC.